The molecular formula is C23H27N5O3S. The van der Waals surface area contributed by atoms with E-state index in [9.17, 15) is 4.79 Å². The van der Waals surface area contributed by atoms with E-state index in [0.29, 0.717) is 29.6 Å². The number of hydrogen-bond donors (Lipinski definition) is 0. The van der Waals surface area contributed by atoms with Crippen molar-refractivity contribution in [1.82, 2.24) is 19.5 Å². The molecule has 0 N–H and O–H groups in total. The fraction of sp³-hybridized carbons (Fsp3) is 0.522. The largest absolute Gasteiger partial charge is 0.485 e. The molecule has 3 aromatic rings. The molecule has 0 radical (unpaired) electrons. The van der Waals surface area contributed by atoms with Crippen molar-refractivity contribution in [2.24, 2.45) is 0 Å². The zero-order chi connectivity index (χ0) is 21.7. The average molecular weight is 454 g/mol. The molecule has 0 bridgehead atoms. The third-order valence-corrected chi connectivity index (χ3v) is 7.56. The van der Waals surface area contributed by atoms with E-state index in [2.05, 4.69) is 24.1 Å². The zero-order valence-corrected chi connectivity index (χ0v) is 19.1. The van der Waals surface area contributed by atoms with Gasteiger partial charge in [-0.3, -0.25) is 4.79 Å². The summed E-state index contributed by atoms with van der Waals surface area (Å²) in [5, 5.41) is 6.73. The standard InChI is InChI=1S/C23H27N5O3S/c1-15-13-28-19(24-22(15)26-7-4-5-8-26)12-16(25-28)17-6-2-3-9-27(17)23(29)21-20-18(14-32-21)30-10-11-31-20/h12-14,17H,2-11H2,1H3. The maximum absolute atomic E-state index is 13.6. The molecule has 2 saturated heterocycles. The number of piperidine rings is 1. The summed E-state index contributed by atoms with van der Waals surface area (Å²) in [4.78, 5) is 23.4. The fourth-order valence-electron chi connectivity index (χ4n) is 5.05. The molecule has 8 nitrogen and oxygen atoms in total. The molecule has 3 aliphatic rings. The predicted molar refractivity (Wildman–Crippen MR) is 122 cm³/mol. The van der Waals surface area contributed by atoms with Gasteiger partial charge in [0.2, 0.25) is 0 Å². The summed E-state index contributed by atoms with van der Waals surface area (Å²) >= 11 is 1.40. The van der Waals surface area contributed by atoms with Gasteiger partial charge in [0.15, 0.2) is 17.1 Å². The molecule has 168 valence electrons. The Morgan fingerprint density at radius 1 is 1.12 bits per heavy atom. The number of amides is 1. The normalized spacial score (nSPS) is 20.8. The Morgan fingerprint density at radius 3 is 2.81 bits per heavy atom. The first kappa shape index (κ1) is 19.8. The Bertz CT molecular complexity index is 1170. The highest BCUT2D eigenvalue weighted by Gasteiger charge is 2.34. The van der Waals surface area contributed by atoms with E-state index in [1.165, 1.54) is 24.2 Å². The van der Waals surface area contributed by atoms with Crippen LogP contribution < -0.4 is 14.4 Å². The Morgan fingerprint density at radius 2 is 1.94 bits per heavy atom. The monoisotopic (exact) mass is 453 g/mol. The number of ether oxygens (including phenoxy) is 2. The van der Waals surface area contributed by atoms with Crippen LogP contribution >= 0.6 is 11.3 Å². The van der Waals surface area contributed by atoms with Crippen LogP contribution in [-0.2, 0) is 0 Å². The van der Waals surface area contributed by atoms with Crippen molar-refractivity contribution in [1.29, 1.82) is 0 Å². The van der Waals surface area contributed by atoms with Crippen molar-refractivity contribution in [3.05, 3.63) is 33.8 Å². The quantitative estimate of drug-likeness (QED) is 0.600. The molecule has 1 atom stereocenters. The Labute approximate surface area is 190 Å². The summed E-state index contributed by atoms with van der Waals surface area (Å²) in [5.41, 5.74) is 2.88. The first-order valence-corrected chi connectivity index (χ1v) is 12.4. The number of nitrogens with zero attached hydrogens (tertiary/aromatic N) is 5. The van der Waals surface area contributed by atoms with Crippen LogP contribution in [0.5, 0.6) is 11.5 Å². The number of thiophene rings is 1. The van der Waals surface area contributed by atoms with Crippen molar-refractivity contribution in [2.45, 2.75) is 45.1 Å². The van der Waals surface area contributed by atoms with E-state index in [1.807, 2.05) is 14.8 Å². The Hall–Kier alpha value is -2.81. The van der Waals surface area contributed by atoms with Crippen LogP contribution in [-0.4, -0.2) is 58.3 Å². The number of fused-ring (bicyclic) bond motifs is 2. The minimum absolute atomic E-state index is 0.00500. The predicted octanol–water partition coefficient (Wildman–Crippen LogP) is 3.84. The lowest BCUT2D eigenvalue weighted by Gasteiger charge is -2.34. The summed E-state index contributed by atoms with van der Waals surface area (Å²) in [5.74, 6) is 2.34. The minimum Gasteiger partial charge on any atom is -0.485 e. The summed E-state index contributed by atoms with van der Waals surface area (Å²) in [7, 11) is 0. The van der Waals surface area contributed by atoms with Gasteiger partial charge in [-0.25, -0.2) is 9.50 Å². The lowest BCUT2D eigenvalue weighted by Crippen LogP contribution is -2.38. The molecule has 9 heteroatoms. The first-order chi connectivity index (χ1) is 15.7. The summed E-state index contributed by atoms with van der Waals surface area (Å²) in [6, 6.07) is 1.99. The maximum Gasteiger partial charge on any atom is 0.268 e. The number of aryl methyl sites for hydroxylation is 1. The van der Waals surface area contributed by atoms with Gasteiger partial charge in [-0.2, -0.15) is 5.10 Å². The van der Waals surface area contributed by atoms with Gasteiger partial charge in [0.05, 0.1) is 11.7 Å². The van der Waals surface area contributed by atoms with Crippen LogP contribution in [0.3, 0.4) is 0 Å². The van der Waals surface area contributed by atoms with Crippen molar-refractivity contribution in [2.75, 3.05) is 37.7 Å². The molecular weight excluding hydrogens is 426 g/mol. The summed E-state index contributed by atoms with van der Waals surface area (Å²) in [6.45, 7) is 5.94. The number of carbonyl (C=O) groups excluding carboxylic acids is 1. The first-order valence-electron chi connectivity index (χ1n) is 11.5. The van der Waals surface area contributed by atoms with Crippen molar-refractivity contribution in [3.8, 4) is 11.5 Å². The van der Waals surface area contributed by atoms with Gasteiger partial charge in [-0.15, -0.1) is 11.3 Å². The molecule has 2 fully saturated rings. The second-order valence-corrected chi connectivity index (χ2v) is 9.66. The van der Waals surface area contributed by atoms with Gasteiger partial charge in [0, 0.05) is 42.8 Å². The number of rotatable bonds is 3. The van der Waals surface area contributed by atoms with E-state index in [1.54, 1.807) is 0 Å². The zero-order valence-electron chi connectivity index (χ0n) is 18.2. The van der Waals surface area contributed by atoms with Gasteiger partial charge < -0.3 is 19.3 Å². The molecule has 0 spiro atoms. The average Bonchev–Trinajstić information content (AvgIpc) is 3.57. The topological polar surface area (TPSA) is 72.2 Å². The molecule has 0 saturated carbocycles. The SMILES string of the molecule is Cc1cn2nc(C3CCCCN3C(=O)c3scc4c3OCCO4)cc2nc1N1CCCC1. The Kier molecular flexibility index (Phi) is 4.93. The van der Waals surface area contributed by atoms with Crippen LogP contribution in [0.1, 0.15) is 59.1 Å². The number of hydrogen-bond acceptors (Lipinski definition) is 7. The number of anilines is 1. The third kappa shape index (κ3) is 3.30. The number of aromatic nitrogens is 3. The smallest absolute Gasteiger partial charge is 0.268 e. The highest BCUT2D eigenvalue weighted by Crippen LogP contribution is 2.42. The second kappa shape index (κ2) is 7.95. The third-order valence-electron chi connectivity index (χ3n) is 6.63. The van der Waals surface area contributed by atoms with Crippen LogP contribution in [0.2, 0.25) is 0 Å². The van der Waals surface area contributed by atoms with Gasteiger partial charge in [0.25, 0.3) is 5.91 Å². The van der Waals surface area contributed by atoms with Gasteiger partial charge in [0.1, 0.15) is 23.9 Å². The van der Waals surface area contributed by atoms with Gasteiger partial charge in [-0.1, -0.05) is 0 Å². The Balaban J connectivity index is 1.33. The van der Waals surface area contributed by atoms with E-state index in [4.69, 9.17) is 19.6 Å². The van der Waals surface area contributed by atoms with E-state index < -0.39 is 0 Å². The van der Waals surface area contributed by atoms with E-state index >= 15 is 0 Å². The molecule has 1 unspecified atom stereocenters. The van der Waals surface area contributed by atoms with Crippen LogP contribution in [0.25, 0.3) is 5.65 Å². The van der Waals surface area contributed by atoms with E-state index in [-0.39, 0.29) is 11.9 Å². The van der Waals surface area contributed by atoms with Crippen molar-refractivity contribution >= 4 is 28.7 Å². The summed E-state index contributed by atoms with van der Waals surface area (Å²) in [6.07, 6.45) is 7.48. The maximum atomic E-state index is 13.6. The van der Waals surface area contributed by atoms with Gasteiger partial charge in [-0.05, 0) is 39.0 Å². The fourth-order valence-corrected chi connectivity index (χ4v) is 5.94. The van der Waals surface area contributed by atoms with Crippen LogP contribution in [0.15, 0.2) is 17.6 Å². The van der Waals surface area contributed by atoms with Crippen molar-refractivity contribution in [3.63, 3.8) is 0 Å². The van der Waals surface area contributed by atoms with Crippen molar-refractivity contribution < 1.29 is 14.3 Å². The molecule has 3 aliphatic heterocycles. The molecule has 1 amide bonds. The molecule has 6 rings (SSSR count). The summed E-state index contributed by atoms with van der Waals surface area (Å²) < 4.78 is 13.3. The molecule has 0 aromatic carbocycles. The highest BCUT2D eigenvalue weighted by atomic mass is 32.1. The number of likely N-dealkylation sites (tertiary alicyclic amines) is 1. The van der Waals surface area contributed by atoms with Crippen LogP contribution in [0, 0.1) is 6.92 Å². The van der Waals surface area contributed by atoms with Gasteiger partial charge >= 0.3 is 0 Å². The number of carbonyl (C=O) groups is 1. The second-order valence-electron chi connectivity index (χ2n) is 8.78. The highest BCUT2D eigenvalue weighted by molar-refractivity contribution is 7.12. The van der Waals surface area contributed by atoms with Crippen LogP contribution in [0.4, 0.5) is 5.82 Å². The molecule has 32 heavy (non-hydrogen) atoms. The molecule has 3 aromatic heterocycles. The lowest BCUT2D eigenvalue weighted by atomic mass is 9.99. The lowest BCUT2D eigenvalue weighted by molar-refractivity contribution is 0.0603. The molecule has 6 heterocycles. The molecule has 0 aliphatic carbocycles. The van der Waals surface area contributed by atoms with E-state index in [0.717, 1.165) is 61.6 Å². The minimum atomic E-state index is -0.0595.